The molecule has 1 heterocycles. The van der Waals surface area contributed by atoms with Crippen molar-refractivity contribution in [1.29, 1.82) is 0 Å². The van der Waals surface area contributed by atoms with Crippen molar-refractivity contribution in [2.24, 2.45) is 0 Å². The average Bonchev–Trinajstić information content (AvgIpc) is 2.73. The standard InChI is InChI=1S/C17H14BrNO2/c1-19-15-6-4-3-5-13(15)14(17(19)20)10-11-9-12(18)7-8-16(11)21-2/h3-10H,1-2H3. The molecule has 3 rings (SSSR count). The second-order valence-electron chi connectivity index (χ2n) is 4.83. The molecule has 4 heteroatoms. The second-order valence-corrected chi connectivity index (χ2v) is 5.74. The molecule has 106 valence electrons. The maximum Gasteiger partial charge on any atom is 0.258 e. The summed E-state index contributed by atoms with van der Waals surface area (Å²) in [5.41, 5.74) is 3.44. The third kappa shape index (κ3) is 2.36. The van der Waals surface area contributed by atoms with Gasteiger partial charge in [0.25, 0.3) is 5.91 Å². The number of carbonyl (C=O) groups excluding carboxylic acids is 1. The SMILES string of the molecule is COc1ccc(Br)cc1C=C1C(=O)N(C)c2ccccc21. The summed E-state index contributed by atoms with van der Waals surface area (Å²) in [5, 5.41) is 0. The summed E-state index contributed by atoms with van der Waals surface area (Å²) >= 11 is 3.45. The van der Waals surface area contributed by atoms with Crippen molar-refractivity contribution in [3.63, 3.8) is 0 Å². The normalized spacial score (nSPS) is 15.5. The highest BCUT2D eigenvalue weighted by atomic mass is 79.9. The first-order chi connectivity index (χ1) is 10.1. The molecule has 0 saturated carbocycles. The van der Waals surface area contributed by atoms with E-state index in [2.05, 4.69) is 15.9 Å². The fourth-order valence-electron chi connectivity index (χ4n) is 2.51. The third-order valence-corrected chi connectivity index (χ3v) is 4.08. The quantitative estimate of drug-likeness (QED) is 0.772. The summed E-state index contributed by atoms with van der Waals surface area (Å²) in [4.78, 5) is 14.1. The Morgan fingerprint density at radius 3 is 2.71 bits per heavy atom. The first-order valence-corrected chi connectivity index (χ1v) is 7.34. The lowest BCUT2D eigenvalue weighted by atomic mass is 10.0. The Labute approximate surface area is 132 Å². The van der Waals surface area contributed by atoms with Crippen LogP contribution in [0, 0.1) is 0 Å². The summed E-state index contributed by atoms with van der Waals surface area (Å²) in [6.45, 7) is 0. The van der Waals surface area contributed by atoms with Crippen LogP contribution in [0.3, 0.4) is 0 Å². The molecule has 0 N–H and O–H groups in total. The second kappa shape index (κ2) is 5.37. The Morgan fingerprint density at radius 1 is 1.19 bits per heavy atom. The van der Waals surface area contributed by atoms with Gasteiger partial charge in [0.2, 0.25) is 0 Å². The molecule has 1 aliphatic rings. The van der Waals surface area contributed by atoms with Crippen LogP contribution < -0.4 is 9.64 Å². The number of methoxy groups -OCH3 is 1. The Bertz CT molecular complexity index is 752. The minimum Gasteiger partial charge on any atom is -0.496 e. The summed E-state index contributed by atoms with van der Waals surface area (Å²) in [6, 6.07) is 13.5. The van der Waals surface area contributed by atoms with E-state index in [-0.39, 0.29) is 5.91 Å². The fourth-order valence-corrected chi connectivity index (χ4v) is 2.89. The molecule has 0 radical (unpaired) electrons. The van der Waals surface area contributed by atoms with Crippen molar-refractivity contribution in [1.82, 2.24) is 0 Å². The van der Waals surface area contributed by atoms with Crippen LogP contribution in [0.2, 0.25) is 0 Å². The van der Waals surface area contributed by atoms with Crippen LogP contribution in [0.5, 0.6) is 5.75 Å². The molecule has 21 heavy (non-hydrogen) atoms. The molecule has 0 bridgehead atoms. The van der Waals surface area contributed by atoms with E-state index in [4.69, 9.17) is 4.74 Å². The van der Waals surface area contributed by atoms with Gasteiger partial charge in [0.1, 0.15) is 5.75 Å². The molecule has 1 aliphatic heterocycles. The number of anilines is 1. The molecule has 0 saturated heterocycles. The smallest absolute Gasteiger partial charge is 0.258 e. The number of nitrogens with zero attached hydrogens (tertiary/aromatic N) is 1. The molecule has 2 aromatic carbocycles. The number of fused-ring (bicyclic) bond motifs is 1. The number of ether oxygens (including phenoxy) is 1. The zero-order valence-electron chi connectivity index (χ0n) is 11.8. The van der Waals surface area contributed by atoms with Gasteiger partial charge in [0.05, 0.1) is 12.8 Å². The lowest BCUT2D eigenvalue weighted by molar-refractivity contribution is -0.112. The van der Waals surface area contributed by atoms with Gasteiger partial charge >= 0.3 is 0 Å². The summed E-state index contributed by atoms with van der Waals surface area (Å²) < 4.78 is 6.32. The number of benzene rings is 2. The summed E-state index contributed by atoms with van der Waals surface area (Å²) in [6.07, 6.45) is 1.88. The largest absolute Gasteiger partial charge is 0.496 e. The van der Waals surface area contributed by atoms with E-state index in [0.29, 0.717) is 5.57 Å². The van der Waals surface area contributed by atoms with Crippen molar-refractivity contribution in [2.45, 2.75) is 0 Å². The van der Waals surface area contributed by atoms with E-state index >= 15 is 0 Å². The van der Waals surface area contributed by atoms with Crippen molar-refractivity contribution < 1.29 is 9.53 Å². The van der Waals surface area contributed by atoms with Gasteiger partial charge in [-0.25, -0.2) is 0 Å². The number of rotatable bonds is 2. The maximum atomic E-state index is 12.5. The number of hydrogen-bond acceptors (Lipinski definition) is 2. The maximum absolute atomic E-state index is 12.5. The van der Waals surface area contributed by atoms with Gasteiger partial charge in [-0.05, 0) is 30.3 Å². The number of amides is 1. The van der Waals surface area contributed by atoms with Crippen LogP contribution in [0.1, 0.15) is 11.1 Å². The molecule has 0 aromatic heterocycles. The zero-order valence-corrected chi connectivity index (χ0v) is 13.3. The van der Waals surface area contributed by atoms with Gasteiger partial charge < -0.3 is 9.64 Å². The van der Waals surface area contributed by atoms with Crippen molar-refractivity contribution in [2.75, 3.05) is 19.1 Å². The highest BCUT2D eigenvalue weighted by Gasteiger charge is 2.29. The molecule has 0 fully saturated rings. The lowest BCUT2D eigenvalue weighted by Gasteiger charge is -2.08. The topological polar surface area (TPSA) is 29.5 Å². The first-order valence-electron chi connectivity index (χ1n) is 6.54. The molecular formula is C17H14BrNO2. The van der Waals surface area contributed by atoms with Crippen LogP contribution in [-0.4, -0.2) is 20.1 Å². The number of carbonyl (C=O) groups is 1. The average molecular weight is 344 g/mol. The van der Waals surface area contributed by atoms with E-state index in [0.717, 1.165) is 27.0 Å². The summed E-state index contributed by atoms with van der Waals surface area (Å²) in [5.74, 6) is 0.740. The first kappa shape index (κ1) is 13.9. The predicted octanol–water partition coefficient (Wildman–Crippen LogP) is 3.97. The van der Waals surface area contributed by atoms with Gasteiger partial charge in [0, 0.05) is 28.2 Å². The van der Waals surface area contributed by atoms with Gasteiger partial charge in [-0.3, -0.25) is 4.79 Å². The Kier molecular flexibility index (Phi) is 3.55. The van der Waals surface area contributed by atoms with Gasteiger partial charge in [0.15, 0.2) is 0 Å². The molecule has 0 unspecified atom stereocenters. The van der Waals surface area contributed by atoms with Crippen molar-refractivity contribution in [3.8, 4) is 5.75 Å². The van der Waals surface area contributed by atoms with Crippen LogP contribution in [-0.2, 0) is 4.79 Å². The van der Waals surface area contributed by atoms with Crippen LogP contribution in [0.4, 0.5) is 5.69 Å². The number of halogens is 1. The Hall–Kier alpha value is -2.07. The van der Waals surface area contributed by atoms with Crippen molar-refractivity contribution >= 4 is 39.2 Å². The highest BCUT2D eigenvalue weighted by Crippen LogP contribution is 2.37. The number of likely N-dealkylation sites (N-methyl/N-ethyl adjacent to an activating group) is 1. The third-order valence-electron chi connectivity index (χ3n) is 3.58. The van der Waals surface area contributed by atoms with Crippen LogP contribution in [0.25, 0.3) is 11.6 Å². The Morgan fingerprint density at radius 2 is 1.95 bits per heavy atom. The molecule has 3 nitrogen and oxygen atoms in total. The monoisotopic (exact) mass is 343 g/mol. The van der Waals surface area contributed by atoms with E-state index < -0.39 is 0 Å². The van der Waals surface area contributed by atoms with Crippen LogP contribution >= 0.6 is 15.9 Å². The molecule has 1 amide bonds. The van der Waals surface area contributed by atoms with E-state index in [1.807, 2.05) is 48.5 Å². The van der Waals surface area contributed by atoms with Gasteiger partial charge in [-0.15, -0.1) is 0 Å². The lowest BCUT2D eigenvalue weighted by Crippen LogP contribution is -2.20. The summed E-state index contributed by atoms with van der Waals surface area (Å²) in [7, 11) is 3.42. The molecule has 0 aliphatic carbocycles. The van der Waals surface area contributed by atoms with E-state index in [1.165, 1.54) is 0 Å². The molecule has 0 spiro atoms. The van der Waals surface area contributed by atoms with Crippen LogP contribution in [0.15, 0.2) is 46.9 Å². The fraction of sp³-hybridized carbons (Fsp3) is 0.118. The van der Waals surface area contributed by atoms with Gasteiger partial charge in [-0.1, -0.05) is 34.1 Å². The van der Waals surface area contributed by atoms with E-state index in [9.17, 15) is 4.79 Å². The predicted molar refractivity (Wildman–Crippen MR) is 88.4 cm³/mol. The zero-order chi connectivity index (χ0) is 15.0. The number of hydrogen-bond donors (Lipinski definition) is 0. The molecule has 2 aromatic rings. The molecular weight excluding hydrogens is 330 g/mol. The minimum absolute atomic E-state index is 0.00164. The highest BCUT2D eigenvalue weighted by molar-refractivity contribution is 9.10. The van der Waals surface area contributed by atoms with E-state index in [1.54, 1.807) is 19.1 Å². The van der Waals surface area contributed by atoms with Gasteiger partial charge in [-0.2, -0.15) is 0 Å². The minimum atomic E-state index is -0.00164. The van der Waals surface area contributed by atoms with Crippen molar-refractivity contribution in [3.05, 3.63) is 58.1 Å². The molecule has 0 atom stereocenters. The Balaban J connectivity index is 2.17. The number of para-hydroxylation sites is 1.